The molecule has 0 amide bonds. The molecule has 0 aliphatic heterocycles. The normalized spacial score (nSPS) is 27.2. The van der Waals surface area contributed by atoms with E-state index in [-0.39, 0.29) is 5.92 Å². The lowest BCUT2D eigenvalue weighted by atomic mass is 9.66. The Labute approximate surface area is 113 Å². The van der Waals surface area contributed by atoms with E-state index < -0.39 is 14.8 Å². The molecular weight excluding hydrogens is 246 g/mol. The van der Waals surface area contributed by atoms with E-state index in [9.17, 15) is 8.42 Å². The molecule has 0 aromatic heterocycles. The van der Waals surface area contributed by atoms with Gasteiger partial charge in [-0.2, -0.15) is 0 Å². The Morgan fingerprint density at radius 2 is 1.39 bits per heavy atom. The summed E-state index contributed by atoms with van der Waals surface area (Å²) < 4.78 is 22.5. The SMILES string of the molecule is CCC(C)(C)C1CCC(C(C)(C)S(N)(=O)=O)CC1. The van der Waals surface area contributed by atoms with Gasteiger partial charge in [0.05, 0.1) is 4.75 Å². The lowest BCUT2D eigenvalue weighted by Gasteiger charge is -2.42. The average Bonchev–Trinajstić information content (AvgIpc) is 2.27. The Hall–Kier alpha value is -0.0900. The van der Waals surface area contributed by atoms with Gasteiger partial charge in [-0.25, -0.2) is 13.6 Å². The lowest BCUT2D eigenvalue weighted by Crippen LogP contribution is -2.46. The highest BCUT2D eigenvalue weighted by molar-refractivity contribution is 7.90. The minimum atomic E-state index is -3.46. The molecule has 1 rings (SSSR count). The summed E-state index contributed by atoms with van der Waals surface area (Å²) in [6, 6.07) is 0. The molecule has 0 aromatic rings. The van der Waals surface area contributed by atoms with Crippen molar-refractivity contribution in [3.63, 3.8) is 0 Å². The standard InChI is InChI=1S/C14H29NO2S/c1-6-13(2,3)11-7-9-12(10-8-11)14(4,5)18(15,16)17/h11-12H,6-10H2,1-5H3,(H2,15,16,17). The molecule has 0 unspecified atom stereocenters. The molecule has 1 saturated carbocycles. The van der Waals surface area contributed by atoms with Crippen LogP contribution in [0.1, 0.15) is 66.7 Å². The highest BCUT2D eigenvalue weighted by atomic mass is 32.2. The van der Waals surface area contributed by atoms with Crippen LogP contribution in [-0.4, -0.2) is 13.2 Å². The van der Waals surface area contributed by atoms with Crippen molar-refractivity contribution in [1.29, 1.82) is 0 Å². The number of nitrogens with two attached hydrogens (primary N) is 1. The van der Waals surface area contributed by atoms with E-state index in [4.69, 9.17) is 5.14 Å². The molecule has 0 atom stereocenters. The van der Waals surface area contributed by atoms with E-state index in [1.165, 1.54) is 6.42 Å². The zero-order valence-corrected chi connectivity index (χ0v) is 13.3. The highest BCUT2D eigenvalue weighted by Gasteiger charge is 2.43. The summed E-state index contributed by atoms with van der Waals surface area (Å²) in [5.74, 6) is 0.923. The van der Waals surface area contributed by atoms with Crippen molar-refractivity contribution in [2.45, 2.75) is 71.5 Å². The monoisotopic (exact) mass is 275 g/mol. The second-order valence-corrected chi connectivity index (χ2v) is 9.18. The number of hydrogen-bond donors (Lipinski definition) is 1. The van der Waals surface area contributed by atoms with Crippen LogP contribution in [0, 0.1) is 17.3 Å². The minimum absolute atomic E-state index is 0.205. The smallest absolute Gasteiger partial charge is 0.214 e. The van der Waals surface area contributed by atoms with Gasteiger partial charge in [0, 0.05) is 0 Å². The van der Waals surface area contributed by atoms with Crippen LogP contribution in [0.25, 0.3) is 0 Å². The van der Waals surface area contributed by atoms with E-state index >= 15 is 0 Å². The van der Waals surface area contributed by atoms with Crippen LogP contribution >= 0.6 is 0 Å². The quantitative estimate of drug-likeness (QED) is 0.855. The fraction of sp³-hybridized carbons (Fsp3) is 1.00. The number of primary sulfonamides is 1. The third-order valence-corrected chi connectivity index (χ3v) is 7.26. The topological polar surface area (TPSA) is 60.2 Å². The predicted molar refractivity (Wildman–Crippen MR) is 76.7 cm³/mol. The van der Waals surface area contributed by atoms with Gasteiger partial charge in [-0.3, -0.25) is 0 Å². The Kier molecular flexibility index (Phi) is 4.54. The Morgan fingerprint density at radius 1 is 1.00 bits per heavy atom. The fourth-order valence-corrected chi connectivity index (χ4v) is 3.79. The summed E-state index contributed by atoms with van der Waals surface area (Å²) in [6.45, 7) is 10.4. The van der Waals surface area contributed by atoms with Gasteiger partial charge in [-0.05, 0) is 56.8 Å². The van der Waals surface area contributed by atoms with Crippen LogP contribution in [0.3, 0.4) is 0 Å². The fourth-order valence-electron chi connectivity index (χ4n) is 3.09. The number of sulfonamides is 1. The summed E-state index contributed by atoms with van der Waals surface area (Å²) >= 11 is 0. The van der Waals surface area contributed by atoms with Crippen molar-refractivity contribution < 1.29 is 8.42 Å². The van der Waals surface area contributed by atoms with Crippen LogP contribution in [0.15, 0.2) is 0 Å². The molecule has 3 nitrogen and oxygen atoms in total. The maximum absolute atomic E-state index is 11.7. The Balaban J connectivity index is 2.71. The maximum Gasteiger partial charge on any atom is 0.214 e. The van der Waals surface area contributed by atoms with Crippen LogP contribution in [0.5, 0.6) is 0 Å². The van der Waals surface area contributed by atoms with Crippen molar-refractivity contribution in [2.24, 2.45) is 22.4 Å². The third-order valence-electron chi connectivity index (χ3n) is 5.46. The van der Waals surface area contributed by atoms with Gasteiger partial charge < -0.3 is 0 Å². The van der Waals surface area contributed by atoms with E-state index in [2.05, 4.69) is 20.8 Å². The molecule has 108 valence electrons. The van der Waals surface area contributed by atoms with Crippen LogP contribution in [0.2, 0.25) is 0 Å². The van der Waals surface area contributed by atoms with E-state index in [1.54, 1.807) is 13.8 Å². The summed E-state index contributed by atoms with van der Waals surface area (Å²) in [5, 5.41) is 5.36. The zero-order valence-electron chi connectivity index (χ0n) is 12.5. The van der Waals surface area contributed by atoms with Gasteiger partial charge in [0.25, 0.3) is 0 Å². The molecule has 0 saturated heterocycles. The molecule has 1 fully saturated rings. The van der Waals surface area contributed by atoms with Crippen molar-refractivity contribution >= 4 is 10.0 Å². The van der Waals surface area contributed by atoms with Crippen LogP contribution < -0.4 is 5.14 Å². The molecule has 0 heterocycles. The molecule has 0 bridgehead atoms. The zero-order chi connectivity index (χ0) is 14.2. The van der Waals surface area contributed by atoms with Crippen LogP contribution in [0.4, 0.5) is 0 Å². The average molecular weight is 275 g/mol. The summed E-state index contributed by atoms with van der Waals surface area (Å²) in [4.78, 5) is 0. The maximum atomic E-state index is 11.7. The molecule has 1 aliphatic rings. The van der Waals surface area contributed by atoms with Crippen molar-refractivity contribution in [3.8, 4) is 0 Å². The van der Waals surface area contributed by atoms with E-state index in [1.807, 2.05) is 0 Å². The van der Waals surface area contributed by atoms with Gasteiger partial charge in [0.1, 0.15) is 0 Å². The Morgan fingerprint density at radius 3 is 1.72 bits per heavy atom. The number of rotatable bonds is 4. The second kappa shape index (κ2) is 5.12. The molecule has 0 aromatic carbocycles. The highest BCUT2D eigenvalue weighted by Crippen LogP contribution is 2.45. The summed E-state index contributed by atoms with van der Waals surface area (Å²) in [6.07, 6.45) is 5.41. The van der Waals surface area contributed by atoms with Crippen molar-refractivity contribution in [3.05, 3.63) is 0 Å². The molecule has 1 aliphatic carbocycles. The second-order valence-electron chi connectivity index (χ2n) is 7.04. The van der Waals surface area contributed by atoms with E-state index in [0.717, 1.165) is 31.6 Å². The first-order chi connectivity index (χ1) is 8.02. The van der Waals surface area contributed by atoms with Crippen molar-refractivity contribution in [2.75, 3.05) is 0 Å². The largest absolute Gasteiger partial charge is 0.228 e. The minimum Gasteiger partial charge on any atom is -0.228 e. The first-order valence-electron chi connectivity index (χ1n) is 7.04. The van der Waals surface area contributed by atoms with Crippen molar-refractivity contribution in [1.82, 2.24) is 0 Å². The molecule has 0 radical (unpaired) electrons. The Bertz CT molecular complexity index is 377. The number of hydrogen-bond acceptors (Lipinski definition) is 2. The first-order valence-corrected chi connectivity index (χ1v) is 8.59. The molecular formula is C14H29NO2S. The molecule has 4 heteroatoms. The van der Waals surface area contributed by atoms with Gasteiger partial charge in [-0.15, -0.1) is 0 Å². The van der Waals surface area contributed by atoms with Crippen LogP contribution in [-0.2, 0) is 10.0 Å². The first kappa shape index (κ1) is 16.0. The van der Waals surface area contributed by atoms with Gasteiger partial charge in [0.2, 0.25) is 10.0 Å². The summed E-state index contributed by atoms with van der Waals surface area (Å²) in [5.41, 5.74) is 0.372. The molecule has 0 spiro atoms. The predicted octanol–water partition coefficient (Wildman–Crippen LogP) is 3.30. The lowest BCUT2D eigenvalue weighted by molar-refractivity contribution is 0.118. The van der Waals surface area contributed by atoms with Gasteiger partial charge >= 0.3 is 0 Å². The van der Waals surface area contributed by atoms with Gasteiger partial charge in [0.15, 0.2) is 0 Å². The third kappa shape index (κ3) is 3.08. The molecule has 18 heavy (non-hydrogen) atoms. The summed E-state index contributed by atoms with van der Waals surface area (Å²) in [7, 11) is -3.46. The molecule has 2 N–H and O–H groups in total. The van der Waals surface area contributed by atoms with E-state index in [0.29, 0.717) is 5.41 Å². The van der Waals surface area contributed by atoms with Gasteiger partial charge in [-0.1, -0.05) is 27.2 Å².